The van der Waals surface area contributed by atoms with E-state index in [9.17, 15) is 14.0 Å². The highest BCUT2D eigenvalue weighted by Gasteiger charge is 2.33. The SMILES string of the molecule is C[C@H]1C[C@H](C)CN(C(=O)N[C@@H]2CC(=O)N(c3cccc(F)c3)C2)C1. The summed E-state index contributed by atoms with van der Waals surface area (Å²) in [7, 11) is 0. The van der Waals surface area contributed by atoms with Crippen molar-refractivity contribution in [3.05, 3.63) is 30.1 Å². The van der Waals surface area contributed by atoms with Gasteiger partial charge >= 0.3 is 6.03 Å². The molecule has 0 aliphatic carbocycles. The fraction of sp³-hybridized carbons (Fsp3) is 0.556. The molecule has 2 aliphatic rings. The molecule has 1 aromatic rings. The second-order valence-electron chi connectivity index (χ2n) is 7.19. The van der Waals surface area contributed by atoms with Crippen LogP contribution in [0.1, 0.15) is 26.7 Å². The number of urea groups is 1. The van der Waals surface area contributed by atoms with Crippen LogP contribution in [0.25, 0.3) is 0 Å². The van der Waals surface area contributed by atoms with Crippen molar-refractivity contribution in [1.82, 2.24) is 10.2 Å². The summed E-state index contributed by atoms with van der Waals surface area (Å²) in [4.78, 5) is 28.0. The first-order chi connectivity index (χ1) is 11.4. The summed E-state index contributed by atoms with van der Waals surface area (Å²) in [5.74, 6) is 0.525. The van der Waals surface area contributed by atoms with Gasteiger partial charge in [0.25, 0.3) is 0 Å². The minimum Gasteiger partial charge on any atom is -0.333 e. The molecule has 0 radical (unpaired) electrons. The van der Waals surface area contributed by atoms with Crippen molar-refractivity contribution < 1.29 is 14.0 Å². The molecule has 0 spiro atoms. The van der Waals surface area contributed by atoms with E-state index in [4.69, 9.17) is 0 Å². The van der Waals surface area contributed by atoms with Gasteiger partial charge in [0.15, 0.2) is 0 Å². The van der Waals surface area contributed by atoms with Crippen molar-refractivity contribution in [2.45, 2.75) is 32.7 Å². The zero-order valence-electron chi connectivity index (χ0n) is 14.2. The van der Waals surface area contributed by atoms with Crippen LogP contribution >= 0.6 is 0 Å². The Morgan fingerprint density at radius 1 is 1.21 bits per heavy atom. The molecule has 1 aromatic carbocycles. The van der Waals surface area contributed by atoms with Gasteiger partial charge in [-0.3, -0.25) is 4.79 Å². The second kappa shape index (κ2) is 6.79. The zero-order valence-corrected chi connectivity index (χ0v) is 14.2. The maximum Gasteiger partial charge on any atom is 0.317 e. The van der Waals surface area contributed by atoms with Gasteiger partial charge in [0, 0.05) is 31.7 Å². The molecule has 0 bridgehead atoms. The first-order valence-corrected chi connectivity index (χ1v) is 8.53. The molecule has 2 aliphatic heterocycles. The maximum absolute atomic E-state index is 13.4. The van der Waals surface area contributed by atoms with Gasteiger partial charge in [-0.25, -0.2) is 9.18 Å². The van der Waals surface area contributed by atoms with Crippen LogP contribution in [-0.4, -0.2) is 42.5 Å². The van der Waals surface area contributed by atoms with Crippen LogP contribution in [0.4, 0.5) is 14.9 Å². The summed E-state index contributed by atoms with van der Waals surface area (Å²) >= 11 is 0. The number of nitrogens with one attached hydrogen (secondary N) is 1. The highest BCUT2D eigenvalue weighted by molar-refractivity contribution is 5.96. The maximum atomic E-state index is 13.4. The topological polar surface area (TPSA) is 52.7 Å². The van der Waals surface area contributed by atoms with Crippen molar-refractivity contribution in [1.29, 1.82) is 0 Å². The standard InChI is InChI=1S/C18H24FN3O2/c1-12-6-13(2)10-21(9-12)18(24)20-15-8-17(23)22(11-15)16-5-3-4-14(19)7-16/h3-5,7,12-13,15H,6,8-11H2,1-2H3,(H,20,24)/t12-,13-,15+/m0/s1. The van der Waals surface area contributed by atoms with Crippen molar-refractivity contribution in [3.8, 4) is 0 Å². The predicted octanol–water partition coefficient (Wildman–Crippen LogP) is 2.62. The summed E-state index contributed by atoms with van der Waals surface area (Å²) in [6.45, 7) is 6.20. The van der Waals surface area contributed by atoms with Crippen LogP contribution in [-0.2, 0) is 4.79 Å². The molecule has 3 rings (SSSR count). The van der Waals surface area contributed by atoms with Gasteiger partial charge in [-0.15, -0.1) is 0 Å². The van der Waals surface area contributed by atoms with Gasteiger partial charge in [-0.1, -0.05) is 19.9 Å². The summed E-state index contributed by atoms with van der Waals surface area (Å²) in [5, 5.41) is 2.97. The van der Waals surface area contributed by atoms with Crippen molar-refractivity contribution in [2.24, 2.45) is 11.8 Å². The van der Waals surface area contributed by atoms with E-state index in [1.165, 1.54) is 17.0 Å². The number of benzene rings is 1. The highest BCUT2D eigenvalue weighted by atomic mass is 19.1. The number of anilines is 1. The molecule has 6 heteroatoms. The molecule has 2 fully saturated rings. The Morgan fingerprint density at radius 3 is 2.58 bits per heavy atom. The average Bonchev–Trinajstić information content (AvgIpc) is 2.87. The minimum atomic E-state index is -0.371. The summed E-state index contributed by atoms with van der Waals surface area (Å²) < 4.78 is 13.4. The molecular formula is C18H24FN3O2. The van der Waals surface area contributed by atoms with E-state index >= 15 is 0 Å². The second-order valence-corrected chi connectivity index (χ2v) is 7.19. The van der Waals surface area contributed by atoms with Gasteiger partial charge in [-0.2, -0.15) is 0 Å². The number of carbonyl (C=O) groups is 2. The molecule has 0 aromatic heterocycles. The fourth-order valence-corrected chi connectivity index (χ4v) is 3.79. The number of nitrogens with zero attached hydrogens (tertiary/aromatic N) is 2. The zero-order chi connectivity index (χ0) is 17.3. The third-order valence-electron chi connectivity index (χ3n) is 4.73. The Kier molecular flexibility index (Phi) is 4.73. The first kappa shape index (κ1) is 16.7. The summed E-state index contributed by atoms with van der Waals surface area (Å²) in [6.07, 6.45) is 1.39. The van der Waals surface area contributed by atoms with Crippen LogP contribution in [0.15, 0.2) is 24.3 Å². The number of amides is 3. The normalized spacial score (nSPS) is 27.5. The Bertz CT molecular complexity index is 626. The number of likely N-dealkylation sites (tertiary alicyclic amines) is 1. The Morgan fingerprint density at radius 2 is 1.92 bits per heavy atom. The summed E-state index contributed by atoms with van der Waals surface area (Å²) in [6, 6.07) is 5.64. The predicted molar refractivity (Wildman–Crippen MR) is 90.2 cm³/mol. The van der Waals surface area contributed by atoms with E-state index in [0.29, 0.717) is 24.1 Å². The Hall–Kier alpha value is -2.11. The molecule has 130 valence electrons. The van der Waals surface area contributed by atoms with E-state index in [2.05, 4.69) is 19.2 Å². The van der Waals surface area contributed by atoms with Crippen molar-refractivity contribution >= 4 is 17.6 Å². The lowest BCUT2D eigenvalue weighted by molar-refractivity contribution is -0.117. The van der Waals surface area contributed by atoms with E-state index in [-0.39, 0.29) is 30.2 Å². The van der Waals surface area contributed by atoms with Gasteiger partial charge in [-0.05, 0) is 36.5 Å². The average molecular weight is 333 g/mol. The van der Waals surface area contributed by atoms with Gasteiger partial charge in [0.05, 0.1) is 6.04 Å². The lowest BCUT2D eigenvalue weighted by Gasteiger charge is -2.35. The third kappa shape index (κ3) is 3.68. The molecule has 2 saturated heterocycles. The lowest BCUT2D eigenvalue weighted by atomic mass is 9.92. The van der Waals surface area contributed by atoms with Crippen LogP contribution in [0.3, 0.4) is 0 Å². The molecule has 1 N–H and O–H groups in total. The monoisotopic (exact) mass is 333 g/mol. The molecule has 3 amide bonds. The molecule has 5 nitrogen and oxygen atoms in total. The van der Waals surface area contributed by atoms with Crippen molar-refractivity contribution in [2.75, 3.05) is 24.5 Å². The first-order valence-electron chi connectivity index (χ1n) is 8.53. The Balaban J connectivity index is 1.61. The number of carbonyl (C=O) groups excluding carboxylic acids is 2. The quantitative estimate of drug-likeness (QED) is 0.904. The number of rotatable bonds is 2. The van der Waals surface area contributed by atoms with E-state index in [1.54, 1.807) is 12.1 Å². The summed E-state index contributed by atoms with van der Waals surface area (Å²) in [5.41, 5.74) is 0.539. The molecule has 3 atom stereocenters. The number of halogens is 1. The molecule has 0 saturated carbocycles. The molecule has 2 heterocycles. The largest absolute Gasteiger partial charge is 0.333 e. The van der Waals surface area contributed by atoms with Gasteiger partial charge < -0.3 is 15.1 Å². The van der Waals surface area contributed by atoms with Gasteiger partial charge in [0.1, 0.15) is 5.82 Å². The van der Waals surface area contributed by atoms with Crippen molar-refractivity contribution in [3.63, 3.8) is 0 Å². The molecular weight excluding hydrogens is 309 g/mol. The fourth-order valence-electron chi connectivity index (χ4n) is 3.79. The number of hydrogen-bond acceptors (Lipinski definition) is 2. The van der Waals surface area contributed by atoms with Crippen LogP contribution < -0.4 is 10.2 Å². The number of piperidine rings is 1. The van der Waals surface area contributed by atoms with Crippen LogP contribution in [0, 0.1) is 17.7 Å². The smallest absolute Gasteiger partial charge is 0.317 e. The van der Waals surface area contributed by atoms with Crippen LogP contribution in [0.2, 0.25) is 0 Å². The number of hydrogen-bond donors (Lipinski definition) is 1. The van der Waals surface area contributed by atoms with E-state index in [1.807, 2.05) is 4.90 Å². The lowest BCUT2D eigenvalue weighted by Crippen LogP contribution is -2.50. The van der Waals surface area contributed by atoms with E-state index < -0.39 is 0 Å². The van der Waals surface area contributed by atoms with E-state index in [0.717, 1.165) is 19.5 Å². The Labute approximate surface area is 141 Å². The molecule has 24 heavy (non-hydrogen) atoms. The minimum absolute atomic E-state index is 0.0914. The molecule has 0 unspecified atom stereocenters. The third-order valence-corrected chi connectivity index (χ3v) is 4.73. The van der Waals surface area contributed by atoms with Gasteiger partial charge in [0.2, 0.25) is 5.91 Å². The highest BCUT2D eigenvalue weighted by Crippen LogP contribution is 2.24. The van der Waals surface area contributed by atoms with Crippen LogP contribution in [0.5, 0.6) is 0 Å².